The highest BCUT2D eigenvalue weighted by atomic mass is 32.2. The van der Waals surface area contributed by atoms with Gasteiger partial charge in [0.05, 0.1) is 12.2 Å². The number of anilines is 2. The number of nitrogens with one attached hydrogen (secondary N) is 1. The summed E-state index contributed by atoms with van der Waals surface area (Å²) in [5.74, 6) is 0.246. The summed E-state index contributed by atoms with van der Waals surface area (Å²) in [5.41, 5.74) is 2.24. The maximum atomic E-state index is 13.7. The number of rotatable bonds is 8. The Morgan fingerprint density at radius 3 is 2.87 bits per heavy atom. The van der Waals surface area contributed by atoms with E-state index < -0.39 is 15.5 Å². The van der Waals surface area contributed by atoms with Gasteiger partial charge in [-0.05, 0) is 35.4 Å². The molecule has 3 rings (SSSR count). The molecule has 0 bridgehead atoms. The molecule has 31 heavy (non-hydrogen) atoms. The van der Waals surface area contributed by atoms with E-state index in [4.69, 9.17) is 15.0 Å². The Morgan fingerprint density at radius 1 is 1.32 bits per heavy atom. The van der Waals surface area contributed by atoms with Crippen LogP contribution in [0.25, 0.3) is 11.4 Å². The summed E-state index contributed by atoms with van der Waals surface area (Å²) in [7, 11) is -2.54. The molecule has 1 aromatic heterocycles. The summed E-state index contributed by atoms with van der Waals surface area (Å²) >= 11 is 0. The van der Waals surface area contributed by atoms with Crippen molar-refractivity contribution < 1.29 is 18.4 Å². The van der Waals surface area contributed by atoms with Crippen molar-refractivity contribution in [1.29, 1.82) is 0 Å². The zero-order valence-electron chi connectivity index (χ0n) is 16.8. The molecule has 1 heterocycles. The largest absolute Gasteiger partial charge is 0.488 e. The van der Waals surface area contributed by atoms with Crippen molar-refractivity contribution in [2.75, 3.05) is 24.8 Å². The summed E-state index contributed by atoms with van der Waals surface area (Å²) in [4.78, 5) is 12.7. The predicted octanol–water partition coefficient (Wildman–Crippen LogP) is 2.29. The molecule has 0 aliphatic carbocycles. The van der Waals surface area contributed by atoms with Crippen molar-refractivity contribution in [3.05, 3.63) is 72.3 Å². The molecule has 0 aliphatic rings. The maximum Gasteiger partial charge on any atom is 0.230 e. The molecule has 4 N–H and O–H groups in total. The average Bonchev–Trinajstić information content (AvgIpc) is 2.71. The molecule has 3 aromatic rings. The standard InChI is InChI=1S/C21H22FN5O3S/c1-14(10-28)11-30-19-9-16(22)6-7-18(19)20-24-13-25-21(27-20)26-17-5-3-4-15(8-17)12-31(2,23)29/h3-9,12-13,28H,1,10-11H2,2H3,(H2,23,29)(H,24,25,26,27). The van der Waals surface area contributed by atoms with Crippen molar-refractivity contribution >= 4 is 26.7 Å². The quantitative estimate of drug-likeness (QED) is 0.360. The van der Waals surface area contributed by atoms with Crippen molar-refractivity contribution in [3.8, 4) is 17.1 Å². The molecule has 10 heteroatoms. The number of halogens is 1. The molecule has 162 valence electrons. The van der Waals surface area contributed by atoms with E-state index >= 15 is 0 Å². The van der Waals surface area contributed by atoms with E-state index in [1.165, 1.54) is 36.1 Å². The number of nitrogens with two attached hydrogens (primary N) is 1. The van der Waals surface area contributed by atoms with Crippen LogP contribution in [-0.4, -0.2) is 49.1 Å². The van der Waals surface area contributed by atoms with Gasteiger partial charge in [-0.2, -0.15) is 4.98 Å². The Bertz CT molecular complexity index is 1220. The highest BCUT2D eigenvalue weighted by Gasteiger charge is 2.13. The van der Waals surface area contributed by atoms with Gasteiger partial charge in [0.1, 0.15) is 24.5 Å². The van der Waals surface area contributed by atoms with Crippen LogP contribution >= 0.6 is 0 Å². The fourth-order valence-corrected chi connectivity index (χ4v) is 3.29. The number of ether oxygens (including phenoxy) is 1. The van der Waals surface area contributed by atoms with Gasteiger partial charge in [-0.1, -0.05) is 18.7 Å². The van der Waals surface area contributed by atoms with E-state index in [1.807, 2.05) is 0 Å². The zero-order chi connectivity index (χ0) is 22.4. The van der Waals surface area contributed by atoms with E-state index in [9.17, 15) is 8.60 Å². The van der Waals surface area contributed by atoms with E-state index in [2.05, 4.69) is 26.8 Å². The van der Waals surface area contributed by atoms with E-state index in [0.717, 1.165) is 0 Å². The summed E-state index contributed by atoms with van der Waals surface area (Å²) in [6.07, 6.45) is 2.77. The van der Waals surface area contributed by atoms with Gasteiger partial charge in [-0.25, -0.2) is 14.4 Å². The second-order valence-electron chi connectivity index (χ2n) is 6.80. The summed E-state index contributed by atoms with van der Waals surface area (Å²) in [6, 6.07) is 11.1. The molecule has 0 radical (unpaired) electrons. The molecule has 0 spiro atoms. The average molecular weight is 444 g/mol. The maximum absolute atomic E-state index is 13.7. The van der Waals surface area contributed by atoms with Gasteiger partial charge < -0.3 is 15.2 Å². The Kier molecular flexibility index (Phi) is 6.95. The third-order valence-electron chi connectivity index (χ3n) is 3.92. The third-order valence-corrected chi connectivity index (χ3v) is 4.66. The van der Waals surface area contributed by atoms with Crippen LogP contribution in [0.2, 0.25) is 0 Å². The number of benzene rings is 2. The summed E-state index contributed by atoms with van der Waals surface area (Å²) in [5, 5.41) is 19.2. The number of aliphatic hydroxyl groups excluding tert-OH is 1. The Hall–Kier alpha value is -3.34. The second kappa shape index (κ2) is 9.65. The normalized spacial score (nSPS) is 12.6. The second-order valence-corrected chi connectivity index (χ2v) is 8.97. The Labute approximate surface area is 179 Å². The monoisotopic (exact) mass is 443 g/mol. The minimum Gasteiger partial charge on any atom is -0.488 e. The molecule has 1 unspecified atom stereocenters. The zero-order valence-corrected chi connectivity index (χ0v) is 17.6. The first-order chi connectivity index (χ1) is 14.7. The number of aromatic nitrogens is 3. The molecular formula is C21H22FN5O3S. The van der Waals surface area contributed by atoms with Crippen LogP contribution in [-0.2, 0) is 9.71 Å². The van der Waals surface area contributed by atoms with Gasteiger partial charge in [0, 0.05) is 33.1 Å². The number of aliphatic hydroxyl groups is 1. The van der Waals surface area contributed by atoms with Crippen LogP contribution < -0.4 is 15.2 Å². The molecule has 0 saturated heterocycles. The number of hydrogen-bond acceptors (Lipinski definition) is 7. The molecular weight excluding hydrogens is 421 g/mol. The lowest BCUT2D eigenvalue weighted by molar-refractivity contribution is 0.288. The van der Waals surface area contributed by atoms with Gasteiger partial charge in [-0.15, -0.1) is 0 Å². The topological polar surface area (TPSA) is 123 Å². The third kappa shape index (κ3) is 6.57. The lowest BCUT2D eigenvalue weighted by Crippen LogP contribution is -2.13. The van der Waals surface area contributed by atoms with E-state index in [1.54, 1.807) is 24.3 Å². The lowest BCUT2D eigenvalue weighted by atomic mass is 10.2. The molecule has 2 aromatic carbocycles. The minimum atomic E-state index is -2.54. The van der Waals surface area contributed by atoms with Crippen LogP contribution in [0.5, 0.6) is 5.75 Å². The van der Waals surface area contributed by atoms with Gasteiger partial charge >= 0.3 is 0 Å². The molecule has 8 nitrogen and oxygen atoms in total. The van der Waals surface area contributed by atoms with E-state index in [-0.39, 0.29) is 30.7 Å². The van der Waals surface area contributed by atoms with Crippen LogP contribution in [0.4, 0.5) is 16.0 Å². The predicted molar refractivity (Wildman–Crippen MR) is 120 cm³/mol. The minimum absolute atomic E-state index is 0.0220. The SMILES string of the molecule is C=C(CO)COc1cc(F)ccc1-c1ncnc(Nc2cccc(C=S(C)(N)=O)c2)n1. The van der Waals surface area contributed by atoms with Crippen molar-refractivity contribution in [1.82, 2.24) is 15.0 Å². The van der Waals surface area contributed by atoms with Crippen LogP contribution in [0, 0.1) is 5.82 Å². The Balaban J connectivity index is 1.89. The van der Waals surface area contributed by atoms with Gasteiger partial charge in [0.15, 0.2) is 5.82 Å². The first-order valence-corrected chi connectivity index (χ1v) is 11.2. The fourth-order valence-electron chi connectivity index (χ4n) is 2.60. The van der Waals surface area contributed by atoms with Crippen molar-refractivity contribution in [2.24, 2.45) is 5.14 Å². The molecule has 0 amide bonds. The highest BCUT2D eigenvalue weighted by Crippen LogP contribution is 2.29. The fraction of sp³-hybridized carbons (Fsp3) is 0.143. The first kappa shape index (κ1) is 22.3. The van der Waals surface area contributed by atoms with Gasteiger partial charge in [0.2, 0.25) is 5.95 Å². The number of nitrogens with zero attached hydrogens (tertiary/aromatic N) is 3. The van der Waals surface area contributed by atoms with Gasteiger partial charge in [0.25, 0.3) is 0 Å². The number of hydrogen-bond donors (Lipinski definition) is 3. The van der Waals surface area contributed by atoms with Crippen LogP contribution in [0.3, 0.4) is 0 Å². The van der Waals surface area contributed by atoms with Crippen molar-refractivity contribution in [2.45, 2.75) is 0 Å². The molecule has 1 atom stereocenters. The first-order valence-electron chi connectivity index (χ1n) is 9.11. The summed E-state index contributed by atoms with van der Waals surface area (Å²) < 4.78 is 31.1. The van der Waals surface area contributed by atoms with Crippen molar-refractivity contribution in [3.63, 3.8) is 0 Å². The molecule has 0 saturated carbocycles. The van der Waals surface area contributed by atoms with Crippen LogP contribution in [0.1, 0.15) is 5.56 Å². The lowest BCUT2D eigenvalue weighted by Gasteiger charge is -2.12. The molecule has 0 aliphatic heterocycles. The highest BCUT2D eigenvalue weighted by molar-refractivity contribution is 7.98. The van der Waals surface area contributed by atoms with Gasteiger partial charge in [-0.3, -0.25) is 9.35 Å². The smallest absolute Gasteiger partial charge is 0.230 e. The Morgan fingerprint density at radius 2 is 2.13 bits per heavy atom. The molecule has 0 fully saturated rings. The van der Waals surface area contributed by atoms with Crippen LogP contribution in [0.15, 0.2) is 60.9 Å². The van der Waals surface area contributed by atoms with E-state index in [0.29, 0.717) is 22.4 Å². The summed E-state index contributed by atoms with van der Waals surface area (Å²) in [6.45, 7) is 3.44.